The highest BCUT2D eigenvalue weighted by Crippen LogP contribution is 2.07. The standard InChI is InChI=1S/C14H24N4/c1-3-4-5-7-12(8-6-11-18-2)13(15)9-10-14(16)17/h4-10,18H,3,11,15-17H2,1-2H3/b5-4+,8-6+,12-7+,13-9-. The first-order valence-electron chi connectivity index (χ1n) is 5.98. The van der Waals surface area contributed by atoms with Gasteiger partial charge in [-0.2, -0.15) is 0 Å². The normalized spacial score (nSPS) is 13.4. The summed E-state index contributed by atoms with van der Waals surface area (Å²) in [6.45, 7) is 2.87. The Bertz CT molecular complexity index is 369. The van der Waals surface area contributed by atoms with Crippen LogP contribution in [-0.2, 0) is 0 Å². The number of allylic oxidation sites excluding steroid dienone is 6. The van der Waals surface area contributed by atoms with Gasteiger partial charge in [-0.15, -0.1) is 0 Å². The largest absolute Gasteiger partial charge is 0.398 e. The lowest BCUT2D eigenvalue weighted by Gasteiger charge is -2.01. The Balaban J connectivity index is 4.96. The van der Waals surface area contributed by atoms with Crippen LogP contribution in [0, 0.1) is 0 Å². The van der Waals surface area contributed by atoms with Gasteiger partial charge < -0.3 is 22.5 Å². The number of likely N-dealkylation sites (N-methyl/N-ethyl adjacent to an activating group) is 1. The third-order valence-corrected chi connectivity index (χ3v) is 2.06. The van der Waals surface area contributed by atoms with Crippen molar-refractivity contribution in [3.8, 4) is 0 Å². The molecule has 7 N–H and O–H groups in total. The van der Waals surface area contributed by atoms with E-state index in [0.717, 1.165) is 18.5 Å². The summed E-state index contributed by atoms with van der Waals surface area (Å²) < 4.78 is 0. The molecule has 4 nitrogen and oxygen atoms in total. The van der Waals surface area contributed by atoms with E-state index in [1.807, 2.05) is 31.4 Å². The van der Waals surface area contributed by atoms with Gasteiger partial charge >= 0.3 is 0 Å². The number of hydrogen-bond donors (Lipinski definition) is 4. The fourth-order valence-corrected chi connectivity index (χ4v) is 1.14. The third kappa shape index (κ3) is 8.24. The van der Waals surface area contributed by atoms with Gasteiger partial charge in [-0.05, 0) is 31.2 Å². The topological polar surface area (TPSA) is 90.1 Å². The van der Waals surface area contributed by atoms with Gasteiger partial charge in [0.1, 0.15) is 0 Å². The zero-order chi connectivity index (χ0) is 13.8. The zero-order valence-electron chi connectivity index (χ0n) is 11.2. The maximum atomic E-state index is 5.96. The Morgan fingerprint density at radius 1 is 1.06 bits per heavy atom. The maximum absolute atomic E-state index is 5.96. The predicted octanol–water partition coefficient (Wildman–Crippen LogP) is 1.26. The third-order valence-electron chi connectivity index (χ3n) is 2.06. The van der Waals surface area contributed by atoms with Gasteiger partial charge in [0.25, 0.3) is 0 Å². The molecule has 0 amide bonds. The molecule has 0 bridgehead atoms. The average molecular weight is 248 g/mol. The number of hydrogen-bond acceptors (Lipinski definition) is 4. The van der Waals surface area contributed by atoms with Gasteiger partial charge in [-0.25, -0.2) is 0 Å². The van der Waals surface area contributed by atoms with Gasteiger partial charge in [0.2, 0.25) is 0 Å². The van der Waals surface area contributed by atoms with Gasteiger partial charge in [-0.1, -0.05) is 37.3 Å². The van der Waals surface area contributed by atoms with Crippen molar-refractivity contribution in [2.45, 2.75) is 13.3 Å². The SMILES string of the molecule is CC/C=C/C=C(\C=C\CNC)C(/N)=C/C=C(N)N. The summed E-state index contributed by atoms with van der Waals surface area (Å²) >= 11 is 0. The first-order valence-corrected chi connectivity index (χ1v) is 5.98. The minimum Gasteiger partial charge on any atom is -0.398 e. The molecular formula is C14H24N4. The Labute approximate surface area is 110 Å². The molecule has 0 saturated heterocycles. The highest BCUT2D eigenvalue weighted by atomic mass is 14.8. The Morgan fingerprint density at radius 3 is 2.33 bits per heavy atom. The van der Waals surface area contributed by atoms with Crippen LogP contribution < -0.4 is 22.5 Å². The van der Waals surface area contributed by atoms with Crippen LogP contribution in [0.15, 0.2) is 59.6 Å². The molecule has 0 aromatic carbocycles. The maximum Gasteiger partial charge on any atom is 0.0934 e. The minimum absolute atomic E-state index is 0.237. The van der Waals surface area contributed by atoms with Crippen molar-refractivity contribution in [2.24, 2.45) is 17.2 Å². The molecule has 0 aromatic rings. The van der Waals surface area contributed by atoms with E-state index >= 15 is 0 Å². The Kier molecular flexibility index (Phi) is 9.13. The molecule has 0 radical (unpaired) electrons. The highest BCUT2D eigenvalue weighted by molar-refractivity contribution is 5.42. The molecule has 0 aliphatic rings. The molecule has 0 saturated carbocycles. The Morgan fingerprint density at radius 2 is 1.78 bits per heavy atom. The van der Waals surface area contributed by atoms with E-state index in [9.17, 15) is 0 Å². The van der Waals surface area contributed by atoms with Crippen molar-refractivity contribution in [3.63, 3.8) is 0 Å². The first-order chi connectivity index (χ1) is 8.61. The molecule has 4 heteroatoms. The monoisotopic (exact) mass is 248 g/mol. The first kappa shape index (κ1) is 16.1. The van der Waals surface area contributed by atoms with Crippen LogP contribution in [0.1, 0.15) is 13.3 Å². The summed E-state index contributed by atoms with van der Waals surface area (Å²) in [5.41, 5.74) is 18.2. The van der Waals surface area contributed by atoms with E-state index < -0.39 is 0 Å². The summed E-state index contributed by atoms with van der Waals surface area (Å²) in [6.07, 6.45) is 14.2. The molecule has 0 aliphatic heterocycles. The summed E-state index contributed by atoms with van der Waals surface area (Å²) in [6, 6.07) is 0. The lowest BCUT2D eigenvalue weighted by molar-refractivity contribution is 0.919. The molecule has 0 rings (SSSR count). The van der Waals surface area contributed by atoms with Crippen LogP contribution in [0.2, 0.25) is 0 Å². The van der Waals surface area contributed by atoms with Gasteiger partial charge in [0.15, 0.2) is 0 Å². The van der Waals surface area contributed by atoms with Gasteiger partial charge in [-0.3, -0.25) is 0 Å². The summed E-state index contributed by atoms with van der Waals surface area (Å²) in [7, 11) is 1.89. The zero-order valence-corrected chi connectivity index (χ0v) is 11.2. The quantitative estimate of drug-likeness (QED) is 0.511. The van der Waals surface area contributed by atoms with Crippen molar-refractivity contribution in [1.82, 2.24) is 5.32 Å². The van der Waals surface area contributed by atoms with Crippen LogP contribution in [0.3, 0.4) is 0 Å². The molecule has 100 valence electrons. The van der Waals surface area contributed by atoms with Crippen LogP contribution in [0.4, 0.5) is 0 Å². The van der Waals surface area contributed by atoms with Crippen molar-refractivity contribution in [2.75, 3.05) is 13.6 Å². The predicted molar refractivity (Wildman–Crippen MR) is 79.3 cm³/mol. The van der Waals surface area contributed by atoms with E-state index in [4.69, 9.17) is 17.2 Å². The van der Waals surface area contributed by atoms with Crippen molar-refractivity contribution >= 4 is 0 Å². The fourth-order valence-electron chi connectivity index (χ4n) is 1.14. The molecule has 0 atom stereocenters. The van der Waals surface area contributed by atoms with E-state index in [0.29, 0.717) is 5.70 Å². The molecular weight excluding hydrogens is 224 g/mol. The molecule has 0 spiro atoms. The van der Waals surface area contributed by atoms with Crippen molar-refractivity contribution < 1.29 is 0 Å². The van der Waals surface area contributed by atoms with Crippen molar-refractivity contribution in [1.29, 1.82) is 0 Å². The molecule has 0 unspecified atom stereocenters. The molecule has 0 aliphatic carbocycles. The molecule has 0 heterocycles. The van der Waals surface area contributed by atoms with Gasteiger partial charge in [0, 0.05) is 12.2 Å². The second-order valence-electron chi connectivity index (χ2n) is 3.71. The van der Waals surface area contributed by atoms with E-state index in [2.05, 4.69) is 18.3 Å². The van der Waals surface area contributed by atoms with Crippen LogP contribution in [0.25, 0.3) is 0 Å². The molecule has 0 fully saturated rings. The number of rotatable bonds is 7. The smallest absolute Gasteiger partial charge is 0.0934 e. The fraction of sp³-hybridized carbons (Fsp3) is 0.286. The summed E-state index contributed by atoms with van der Waals surface area (Å²) in [5, 5.41) is 3.04. The Hall–Kier alpha value is -1.94. The lowest BCUT2D eigenvalue weighted by atomic mass is 10.1. The van der Waals surface area contributed by atoms with E-state index in [1.165, 1.54) is 0 Å². The van der Waals surface area contributed by atoms with Crippen molar-refractivity contribution in [3.05, 3.63) is 59.6 Å². The van der Waals surface area contributed by atoms with Crippen LogP contribution >= 0.6 is 0 Å². The summed E-state index contributed by atoms with van der Waals surface area (Å²) in [4.78, 5) is 0. The van der Waals surface area contributed by atoms with Crippen LogP contribution in [0.5, 0.6) is 0 Å². The lowest BCUT2D eigenvalue weighted by Crippen LogP contribution is -2.08. The van der Waals surface area contributed by atoms with Gasteiger partial charge in [0.05, 0.1) is 5.82 Å². The molecule has 0 aromatic heterocycles. The second-order valence-corrected chi connectivity index (χ2v) is 3.71. The average Bonchev–Trinajstić information content (AvgIpc) is 2.34. The highest BCUT2D eigenvalue weighted by Gasteiger charge is 1.94. The number of nitrogens with one attached hydrogen (secondary N) is 1. The summed E-state index contributed by atoms with van der Waals surface area (Å²) in [5.74, 6) is 0.237. The molecule has 18 heavy (non-hydrogen) atoms. The van der Waals surface area contributed by atoms with E-state index in [1.54, 1.807) is 12.2 Å². The van der Waals surface area contributed by atoms with Crippen LogP contribution in [-0.4, -0.2) is 13.6 Å². The minimum atomic E-state index is 0.237. The van der Waals surface area contributed by atoms with E-state index in [-0.39, 0.29) is 5.82 Å². The number of nitrogens with two attached hydrogens (primary N) is 3. The second kappa shape index (κ2) is 10.2.